The number of para-hydroxylation sites is 2. The van der Waals surface area contributed by atoms with Crippen molar-refractivity contribution in [1.82, 2.24) is 0 Å². The van der Waals surface area contributed by atoms with Crippen LogP contribution in [0.2, 0.25) is 0 Å². The molecule has 7 aromatic carbocycles. The van der Waals surface area contributed by atoms with Crippen LogP contribution in [0, 0.1) is 0 Å². The molecule has 0 unspecified atom stereocenters. The molecule has 1 heteroatoms. The fraction of sp³-hybridized carbons (Fsp3) is 0. The molecule has 8 aromatic rings. The molecule has 0 N–H and O–H groups in total. The SMILES string of the molecule is [2H]c1c([2H])c([2H])c2c(oc3c(-c4c5ccccc5c(-c5cccc(-c6ccccc6)c5)c5ccccc45)c([2H])c([2H])c([2H])c32)c1[2H]. The van der Waals surface area contributed by atoms with Gasteiger partial charge in [0.25, 0.3) is 0 Å². The summed E-state index contributed by atoms with van der Waals surface area (Å²) < 4.78 is 66.8. The Labute approximate surface area is 236 Å². The van der Waals surface area contributed by atoms with Crippen molar-refractivity contribution in [3.63, 3.8) is 0 Å². The van der Waals surface area contributed by atoms with Crippen molar-refractivity contribution >= 4 is 43.5 Å². The van der Waals surface area contributed by atoms with Crippen molar-refractivity contribution < 1.29 is 14.0 Å². The molecular formula is C38H24O. The lowest BCUT2D eigenvalue weighted by Crippen LogP contribution is -1.91. The third-order valence-electron chi connectivity index (χ3n) is 7.38. The zero-order valence-corrected chi connectivity index (χ0v) is 20.7. The van der Waals surface area contributed by atoms with Crippen LogP contribution in [-0.4, -0.2) is 0 Å². The molecule has 0 saturated heterocycles. The molecule has 1 heterocycles. The smallest absolute Gasteiger partial charge is 0.143 e. The molecule has 0 atom stereocenters. The van der Waals surface area contributed by atoms with Gasteiger partial charge in [0.05, 0.1) is 9.60 Å². The van der Waals surface area contributed by atoms with E-state index in [0.29, 0.717) is 5.56 Å². The molecule has 39 heavy (non-hydrogen) atoms. The molecule has 0 spiro atoms. The summed E-state index contributed by atoms with van der Waals surface area (Å²) in [6, 6.07) is 32.0. The number of fused-ring (bicyclic) bond motifs is 5. The maximum absolute atomic E-state index is 9.18. The lowest BCUT2D eigenvalue weighted by atomic mass is 9.85. The zero-order chi connectivity index (χ0) is 31.9. The van der Waals surface area contributed by atoms with Crippen LogP contribution in [0.3, 0.4) is 0 Å². The van der Waals surface area contributed by atoms with Crippen LogP contribution in [-0.2, 0) is 0 Å². The Kier molecular flexibility index (Phi) is 3.57. The van der Waals surface area contributed by atoms with Gasteiger partial charge in [0.15, 0.2) is 0 Å². The standard InChI is InChI=1S/C38H24O/c1-2-12-25(13-3-1)26-14-10-15-27(24-26)36-29-17-4-6-19-31(29)37(32-20-7-5-18-30(32)36)34-22-11-21-33-28-16-8-9-23-35(28)39-38(33)34/h1-24H/i8D,9D,11D,16D,21D,22D,23D. The van der Waals surface area contributed by atoms with Gasteiger partial charge in [-0.3, -0.25) is 0 Å². The average Bonchev–Trinajstić information content (AvgIpc) is 3.50. The lowest BCUT2D eigenvalue weighted by Gasteiger charge is -2.18. The van der Waals surface area contributed by atoms with Crippen LogP contribution in [0.5, 0.6) is 0 Å². The van der Waals surface area contributed by atoms with E-state index in [4.69, 9.17) is 12.6 Å². The molecule has 0 radical (unpaired) electrons. The minimum absolute atomic E-state index is 0.0451. The molecule has 1 aromatic heterocycles. The summed E-state index contributed by atoms with van der Waals surface area (Å²) in [6.07, 6.45) is 0. The molecule has 1 nitrogen and oxygen atoms in total. The number of furan rings is 1. The summed E-state index contributed by atoms with van der Waals surface area (Å²) in [4.78, 5) is 0. The van der Waals surface area contributed by atoms with Gasteiger partial charge in [0.1, 0.15) is 11.2 Å². The summed E-state index contributed by atoms with van der Waals surface area (Å²) in [5.41, 5.74) is 5.15. The Balaban J connectivity index is 1.54. The second kappa shape index (κ2) is 8.72. The summed E-state index contributed by atoms with van der Waals surface area (Å²) in [7, 11) is 0. The van der Waals surface area contributed by atoms with Crippen molar-refractivity contribution in [2.75, 3.05) is 0 Å². The first kappa shape index (κ1) is 16.0. The van der Waals surface area contributed by atoms with Crippen LogP contribution in [0.4, 0.5) is 0 Å². The molecular weight excluding hydrogens is 472 g/mol. The molecule has 8 rings (SSSR count). The molecule has 0 amide bonds. The minimum Gasteiger partial charge on any atom is -0.455 e. The van der Waals surface area contributed by atoms with Crippen molar-refractivity contribution in [2.45, 2.75) is 0 Å². The van der Waals surface area contributed by atoms with Gasteiger partial charge in [-0.05, 0) is 55.9 Å². The Morgan fingerprint density at radius 2 is 1.03 bits per heavy atom. The largest absolute Gasteiger partial charge is 0.455 e. The molecule has 0 bridgehead atoms. The van der Waals surface area contributed by atoms with Crippen LogP contribution >= 0.6 is 0 Å². The Morgan fingerprint density at radius 3 is 1.77 bits per heavy atom. The van der Waals surface area contributed by atoms with E-state index in [0.717, 1.165) is 43.8 Å². The van der Waals surface area contributed by atoms with Gasteiger partial charge in [-0.15, -0.1) is 0 Å². The summed E-state index contributed by atoms with van der Waals surface area (Å²) in [5, 5.41) is 3.63. The van der Waals surface area contributed by atoms with Gasteiger partial charge in [-0.25, -0.2) is 0 Å². The maximum atomic E-state index is 9.18. The van der Waals surface area contributed by atoms with Crippen molar-refractivity contribution in [1.29, 1.82) is 0 Å². The normalized spacial score (nSPS) is 14.1. The molecule has 182 valence electrons. The Bertz CT molecular complexity index is 2500. The van der Waals surface area contributed by atoms with E-state index in [1.165, 1.54) is 0 Å². The lowest BCUT2D eigenvalue weighted by molar-refractivity contribution is 0.670. The van der Waals surface area contributed by atoms with E-state index in [9.17, 15) is 1.37 Å². The first-order valence-corrected chi connectivity index (χ1v) is 12.8. The highest BCUT2D eigenvalue weighted by Crippen LogP contribution is 2.46. The maximum Gasteiger partial charge on any atom is 0.143 e. The fourth-order valence-electron chi connectivity index (χ4n) is 5.70. The minimum atomic E-state index is -0.445. The summed E-state index contributed by atoms with van der Waals surface area (Å²) in [5.74, 6) is 0. The molecule has 0 aliphatic rings. The molecule has 0 aliphatic carbocycles. The summed E-state index contributed by atoms with van der Waals surface area (Å²) in [6.45, 7) is 0. The Hall–Kier alpha value is -5.14. The van der Waals surface area contributed by atoms with E-state index in [1.54, 1.807) is 0 Å². The van der Waals surface area contributed by atoms with Gasteiger partial charge < -0.3 is 4.42 Å². The number of hydrogen-bond donors (Lipinski definition) is 0. The van der Waals surface area contributed by atoms with Crippen molar-refractivity contribution in [3.8, 4) is 33.4 Å². The summed E-state index contributed by atoms with van der Waals surface area (Å²) >= 11 is 0. The van der Waals surface area contributed by atoms with Crippen LogP contribution in [0.15, 0.2) is 150 Å². The van der Waals surface area contributed by atoms with Crippen LogP contribution in [0.25, 0.3) is 76.9 Å². The Morgan fingerprint density at radius 1 is 0.436 bits per heavy atom. The van der Waals surface area contributed by atoms with Gasteiger partial charge in [0, 0.05) is 21.9 Å². The van der Waals surface area contributed by atoms with E-state index in [-0.39, 0.29) is 57.7 Å². The van der Waals surface area contributed by atoms with Gasteiger partial charge in [-0.2, -0.15) is 0 Å². The second-order valence-electron chi connectivity index (χ2n) is 9.55. The highest BCUT2D eigenvalue weighted by Gasteiger charge is 2.20. The molecule has 0 aliphatic heterocycles. The predicted molar refractivity (Wildman–Crippen MR) is 165 cm³/mol. The quantitative estimate of drug-likeness (QED) is 0.219. The van der Waals surface area contributed by atoms with E-state index in [1.807, 2.05) is 72.8 Å². The fourth-order valence-corrected chi connectivity index (χ4v) is 5.70. The molecule has 0 fully saturated rings. The monoisotopic (exact) mass is 503 g/mol. The third-order valence-corrected chi connectivity index (χ3v) is 7.38. The van der Waals surface area contributed by atoms with Gasteiger partial charge in [-0.1, -0.05) is 133 Å². The highest BCUT2D eigenvalue weighted by atomic mass is 16.3. The predicted octanol–water partition coefficient (Wildman–Crippen LogP) is 10.9. The first-order valence-electron chi connectivity index (χ1n) is 16.3. The molecule has 0 saturated carbocycles. The number of hydrogen-bond acceptors (Lipinski definition) is 1. The third kappa shape index (κ3) is 3.41. The number of rotatable bonds is 3. The number of benzene rings is 7. The van der Waals surface area contributed by atoms with E-state index in [2.05, 4.69) is 30.3 Å². The topological polar surface area (TPSA) is 13.1 Å². The zero-order valence-electron chi connectivity index (χ0n) is 27.7. The second-order valence-corrected chi connectivity index (χ2v) is 9.55. The first-order chi connectivity index (χ1) is 22.3. The average molecular weight is 504 g/mol. The van der Waals surface area contributed by atoms with Gasteiger partial charge >= 0.3 is 0 Å². The van der Waals surface area contributed by atoms with E-state index < -0.39 is 12.1 Å². The van der Waals surface area contributed by atoms with Gasteiger partial charge in [0.2, 0.25) is 0 Å². The van der Waals surface area contributed by atoms with Crippen LogP contribution < -0.4 is 0 Å². The van der Waals surface area contributed by atoms with Crippen LogP contribution in [0.1, 0.15) is 9.60 Å². The highest BCUT2D eigenvalue weighted by molar-refractivity contribution is 6.24. The van der Waals surface area contributed by atoms with E-state index >= 15 is 0 Å². The van der Waals surface area contributed by atoms with Crippen molar-refractivity contribution in [3.05, 3.63) is 145 Å². The van der Waals surface area contributed by atoms with Crippen molar-refractivity contribution in [2.24, 2.45) is 0 Å².